The lowest BCUT2D eigenvalue weighted by atomic mass is 9.77. The summed E-state index contributed by atoms with van der Waals surface area (Å²) in [6.07, 6.45) is 0. The molecule has 0 saturated carbocycles. The van der Waals surface area contributed by atoms with Crippen LogP contribution in [0.5, 0.6) is 11.5 Å². The molecule has 0 aromatic heterocycles. The molecule has 0 amide bonds. The number of Topliss-reactive ketones (excluding diaryl/α,β-unsaturated/α-hetero) is 1. The highest BCUT2D eigenvalue weighted by Crippen LogP contribution is 2.42. The van der Waals surface area contributed by atoms with Crippen molar-refractivity contribution in [2.45, 2.75) is 25.7 Å². The van der Waals surface area contributed by atoms with E-state index in [1.807, 2.05) is 86.6 Å². The van der Waals surface area contributed by atoms with Crippen molar-refractivity contribution in [3.8, 4) is 11.5 Å². The number of ether oxygens (including phenoxy) is 2. The Balaban J connectivity index is 1.91. The molecule has 2 unspecified atom stereocenters. The van der Waals surface area contributed by atoms with Gasteiger partial charge in [0.1, 0.15) is 11.5 Å². The first-order chi connectivity index (χ1) is 18.3. The fraction of sp³-hybridized carbons (Fsp3) is 0.194. The Hall–Kier alpha value is -2.31. The predicted octanol–water partition coefficient (Wildman–Crippen LogP) is 9.85. The lowest BCUT2D eigenvalue weighted by Crippen LogP contribution is -2.23. The first kappa shape index (κ1) is 28.7. The maximum atomic E-state index is 14.8. The van der Waals surface area contributed by atoms with Crippen LogP contribution in [0.15, 0.2) is 93.9 Å². The molecule has 0 radical (unpaired) electrons. The fourth-order valence-electron chi connectivity index (χ4n) is 4.48. The number of hydrogen-bond donors (Lipinski definition) is 0. The standard InChI is InChI=1S/C31H26Br2Cl2O3/c1-3-37-23-11-5-19(6-12-23)29(25-17-21(32)9-15-27(25)34)31(36)30(26-18-22(33)10-16-28(26)35)20-7-13-24(14-8-20)38-4-2/h5-18,29-30H,3-4H2,1-2H3. The van der Waals surface area contributed by atoms with Crippen molar-refractivity contribution in [2.24, 2.45) is 0 Å². The van der Waals surface area contributed by atoms with Gasteiger partial charge in [0.15, 0.2) is 5.78 Å². The van der Waals surface area contributed by atoms with Gasteiger partial charge in [-0.1, -0.05) is 79.3 Å². The van der Waals surface area contributed by atoms with Gasteiger partial charge in [0, 0.05) is 19.0 Å². The second kappa shape index (κ2) is 13.2. The van der Waals surface area contributed by atoms with Gasteiger partial charge in [-0.3, -0.25) is 4.79 Å². The van der Waals surface area contributed by atoms with E-state index in [1.165, 1.54) is 0 Å². The van der Waals surface area contributed by atoms with E-state index in [1.54, 1.807) is 12.1 Å². The molecule has 0 aliphatic rings. The Morgan fingerprint density at radius 1 is 0.658 bits per heavy atom. The molecular weight excluding hydrogens is 651 g/mol. The van der Waals surface area contributed by atoms with Crippen molar-refractivity contribution in [3.63, 3.8) is 0 Å². The minimum Gasteiger partial charge on any atom is -0.494 e. The van der Waals surface area contributed by atoms with E-state index in [0.717, 1.165) is 31.6 Å². The number of hydrogen-bond acceptors (Lipinski definition) is 3. The quantitative estimate of drug-likeness (QED) is 0.168. The van der Waals surface area contributed by atoms with Crippen LogP contribution >= 0.6 is 55.1 Å². The van der Waals surface area contributed by atoms with Gasteiger partial charge in [0.2, 0.25) is 0 Å². The zero-order valence-electron chi connectivity index (χ0n) is 20.9. The van der Waals surface area contributed by atoms with Crippen LogP contribution in [0.25, 0.3) is 0 Å². The molecule has 0 saturated heterocycles. The Morgan fingerprint density at radius 2 is 1.03 bits per heavy atom. The third-order valence-corrected chi connectivity index (χ3v) is 7.83. The second-order valence-electron chi connectivity index (χ2n) is 8.60. The monoisotopic (exact) mass is 674 g/mol. The summed E-state index contributed by atoms with van der Waals surface area (Å²) in [6.45, 7) is 4.98. The van der Waals surface area contributed by atoms with E-state index < -0.39 is 11.8 Å². The molecule has 0 bridgehead atoms. The Labute approximate surface area is 250 Å². The van der Waals surface area contributed by atoms with E-state index in [2.05, 4.69) is 31.9 Å². The maximum absolute atomic E-state index is 14.8. The summed E-state index contributed by atoms with van der Waals surface area (Å²) in [5.41, 5.74) is 3.02. The lowest BCUT2D eigenvalue weighted by molar-refractivity contribution is -0.120. The van der Waals surface area contributed by atoms with Crippen molar-refractivity contribution in [3.05, 3.63) is 126 Å². The van der Waals surface area contributed by atoms with Gasteiger partial charge in [-0.2, -0.15) is 0 Å². The van der Waals surface area contributed by atoms with E-state index in [9.17, 15) is 4.79 Å². The molecule has 3 nitrogen and oxygen atoms in total. The fourth-order valence-corrected chi connectivity index (χ4v) is 5.69. The Bertz CT molecular complexity index is 1300. The van der Waals surface area contributed by atoms with E-state index >= 15 is 0 Å². The third-order valence-electron chi connectivity index (χ3n) is 6.16. The molecule has 0 spiro atoms. The molecule has 4 rings (SSSR count). The topological polar surface area (TPSA) is 35.5 Å². The summed E-state index contributed by atoms with van der Waals surface area (Å²) >= 11 is 20.6. The van der Waals surface area contributed by atoms with Gasteiger partial charge in [0.25, 0.3) is 0 Å². The molecule has 0 fully saturated rings. The number of halogens is 4. The largest absolute Gasteiger partial charge is 0.494 e. The average molecular weight is 677 g/mol. The second-order valence-corrected chi connectivity index (χ2v) is 11.2. The molecule has 2 atom stereocenters. The minimum absolute atomic E-state index is 0.0571. The Kier molecular flexibility index (Phi) is 9.94. The summed E-state index contributed by atoms with van der Waals surface area (Å²) < 4.78 is 12.9. The van der Waals surface area contributed by atoms with Gasteiger partial charge in [0.05, 0.1) is 25.0 Å². The molecule has 7 heteroatoms. The van der Waals surface area contributed by atoms with Gasteiger partial charge in [-0.15, -0.1) is 0 Å². The molecule has 0 heterocycles. The van der Waals surface area contributed by atoms with Crippen molar-refractivity contribution >= 4 is 60.8 Å². The van der Waals surface area contributed by atoms with Gasteiger partial charge < -0.3 is 9.47 Å². The predicted molar refractivity (Wildman–Crippen MR) is 162 cm³/mol. The van der Waals surface area contributed by atoms with Gasteiger partial charge in [-0.05, 0) is 96.8 Å². The highest BCUT2D eigenvalue weighted by Gasteiger charge is 2.34. The summed E-state index contributed by atoms with van der Waals surface area (Å²) in [5.74, 6) is 0.0877. The van der Waals surface area contributed by atoms with Crippen molar-refractivity contribution < 1.29 is 14.3 Å². The van der Waals surface area contributed by atoms with Crippen LogP contribution in [0, 0.1) is 0 Å². The molecule has 0 aliphatic carbocycles. The zero-order valence-corrected chi connectivity index (χ0v) is 25.6. The highest BCUT2D eigenvalue weighted by molar-refractivity contribution is 9.10. The number of carbonyl (C=O) groups excluding carboxylic acids is 1. The molecule has 0 N–H and O–H groups in total. The molecule has 38 heavy (non-hydrogen) atoms. The maximum Gasteiger partial charge on any atom is 0.156 e. The van der Waals surface area contributed by atoms with Crippen LogP contribution in [0.4, 0.5) is 0 Å². The van der Waals surface area contributed by atoms with Crippen molar-refractivity contribution in [2.75, 3.05) is 13.2 Å². The average Bonchev–Trinajstić information content (AvgIpc) is 2.91. The molecule has 0 aliphatic heterocycles. The summed E-state index contributed by atoms with van der Waals surface area (Å²) in [5, 5.41) is 1.01. The zero-order chi connectivity index (χ0) is 27.2. The highest BCUT2D eigenvalue weighted by atomic mass is 79.9. The number of benzene rings is 4. The van der Waals surface area contributed by atoms with Crippen LogP contribution in [0.1, 0.15) is 47.9 Å². The van der Waals surface area contributed by atoms with Crippen molar-refractivity contribution in [1.82, 2.24) is 0 Å². The Morgan fingerprint density at radius 3 is 1.37 bits per heavy atom. The minimum atomic E-state index is -0.665. The summed E-state index contributed by atoms with van der Waals surface area (Å²) in [6, 6.07) is 26.3. The summed E-state index contributed by atoms with van der Waals surface area (Å²) in [4.78, 5) is 14.8. The molecule has 4 aromatic rings. The van der Waals surface area contributed by atoms with Gasteiger partial charge >= 0.3 is 0 Å². The van der Waals surface area contributed by atoms with Crippen LogP contribution in [-0.4, -0.2) is 19.0 Å². The van der Waals surface area contributed by atoms with Crippen LogP contribution in [0.2, 0.25) is 10.0 Å². The molecule has 196 valence electrons. The molecular formula is C31H26Br2Cl2O3. The van der Waals surface area contributed by atoms with Crippen molar-refractivity contribution in [1.29, 1.82) is 0 Å². The summed E-state index contributed by atoms with van der Waals surface area (Å²) in [7, 11) is 0. The number of ketones is 1. The molecule has 4 aromatic carbocycles. The van der Waals surface area contributed by atoms with Gasteiger partial charge in [-0.25, -0.2) is 0 Å². The van der Waals surface area contributed by atoms with E-state index in [4.69, 9.17) is 32.7 Å². The normalized spacial score (nSPS) is 12.6. The number of rotatable bonds is 10. The smallest absolute Gasteiger partial charge is 0.156 e. The van der Waals surface area contributed by atoms with Crippen LogP contribution in [-0.2, 0) is 4.79 Å². The van der Waals surface area contributed by atoms with E-state index in [0.29, 0.717) is 34.4 Å². The van der Waals surface area contributed by atoms with Crippen LogP contribution < -0.4 is 9.47 Å². The first-order valence-corrected chi connectivity index (χ1v) is 14.6. The third kappa shape index (κ3) is 6.63. The SMILES string of the molecule is CCOc1ccc(C(C(=O)C(c2ccc(OCC)cc2)c2cc(Br)ccc2Cl)c2cc(Br)ccc2Cl)cc1. The first-order valence-electron chi connectivity index (χ1n) is 12.2. The number of carbonyl (C=O) groups is 1. The lowest BCUT2D eigenvalue weighted by Gasteiger charge is -2.26. The van der Waals surface area contributed by atoms with E-state index in [-0.39, 0.29) is 5.78 Å². The van der Waals surface area contributed by atoms with Crippen LogP contribution in [0.3, 0.4) is 0 Å².